The van der Waals surface area contributed by atoms with Crippen LogP contribution in [0.3, 0.4) is 0 Å². The van der Waals surface area contributed by atoms with Crippen LogP contribution in [0.2, 0.25) is 0 Å². The lowest BCUT2D eigenvalue weighted by atomic mass is 10.1. The van der Waals surface area contributed by atoms with Gasteiger partial charge in [0, 0.05) is 12.6 Å². The van der Waals surface area contributed by atoms with Crippen molar-refractivity contribution in [1.29, 1.82) is 5.26 Å². The maximum absolute atomic E-state index is 12.3. The van der Waals surface area contributed by atoms with Gasteiger partial charge in [0.15, 0.2) is 0 Å². The second-order valence-electron chi connectivity index (χ2n) is 5.04. The number of carbonyl (C=O) groups excluding carboxylic acids is 3. The summed E-state index contributed by atoms with van der Waals surface area (Å²) in [6, 6.07) is 12.9. The number of fused-ring (bicyclic) bond motifs is 1. The molecule has 0 aliphatic carbocycles. The van der Waals surface area contributed by atoms with E-state index in [1.165, 1.54) is 13.1 Å². The van der Waals surface area contributed by atoms with E-state index in [1.807, 2.05) is 6.07 Å². The first-order chi connectivity index (χ1) is 11.0. The molecule has 6 nitrogen and oxygen atoms in total. The van der Waals surface area contributed by atoms with Gasteiger partial charge in [-0.25, -0.2) is 0 Å². The van der Waals surface area contributed by atoms with Crippen LogP contribution < -0.4 is 5.32 Å². The Morgan fingerprint density at radius 2 is 1.87 bits per heavy atom. The first-order valence-electron chi connectivity index (χ1n) is 6.80. The molecule has 1 aliphatic rings. The van der Waals surface area contributed by atoms with Gasteiger partial charge >= 0.3 is 0 Å². The fourth-order valence-corrected chi connectivity index (χ4v) is 2.43. The Balaban J connectivity index is 1.96. The van der Waals surface area contributed by atoms with E-state index in [9.17, 15) is 14.4 Å². The average Bonchev–Trinajstić information content (AvgIpc) is 2.80. The van der Waals surface area contributed by atoms with Gasteiger partial charge in [-0.05, 0) is 30.3 Å². The van der Waals surface area contributed by atoms with E-state index in [0.29, 0.717) is 11.1 Å². The molecule has 0 saturated heterocycles. The third-order valence-electron chi connectivity index (χ3n) is 3.62. The highest BCUT2D eigenvalue weighted by atomic mass is 16.2. The lowest BCUT2D eigenvalue weighted by Crippen LogP contribution is -2.24. The van der Waals surface area contributed by atoms with Gasteiger partial charge in [0.25, 0.3) is 17.7 Å². The molecule has 3 rings (SSSR count). The summed E-state index contributed by atoms with van der Waals surface area (Å²) in [4.78, 5) is 37.4. The van der Waals surface area contributed by atoms with Crippen molar-refractivity contribution in [2.75, 3.05) is 12.4 Å². The van der Waals surface area contributed by atoms with Crippen LogP contribution in [0.25, 0.3) is 0 Å². The molecule has 0 spiro atoms. The molecule has 0 bridgehead atoms. The molecular formula is C17H11N3O3. The fourth-order valence-electron chi connectivity index (χ4n) is 2.43. The van der Waals surface area contributed by atoms with Crippen LogP contribution in [0.5, 0.6) is 0 Å². The number of nitrogens with zero attached hydrogens (tertiary/aromatic N) is 2. The second kappa shape index (κ2) is 5.39. The minimum absolute atomic E-state index is 0.185. The van der Waals surface area contributed by atoms with E-state index in [-0.39, 0.29) is 16.8 Å². The largest absolute Gasteiger partial charge is 0.321 e. The quantitative estimate of drug-likeness (QED) is 0.860. The number of imide groups is 1. The van der Waals surface area contributed by atoms with Gasteiger partial charge in [-0.15, -0.1) is 0 Å². The SMILES string of the molecule is CN1C(=O)c2cccc(NC(=O)c3cccc(C#N)c3)c2C1=O. The third kappa shape index (κ3) is 2.34. The first kappa shape index (κ1) is 14.5. The number of hydrogen-bond donors (Lipinski definition) is 1. The first-order valence-corrected chi connectivity index (χ1v) is 6.80. The Morgan fingerprint density at radius 3 is 2.61 bits per heavy atom. The van der Waals surface area contributed by atoms with E-state index in [4.69, 9.17) is 5.26 Å². The van der Waals surface area contributed by atoms with E-state index < -0.39 is 17.7 Å². The zero-order chi connectivity index (χ0) is 16.6. The van der Waals surface area contributed by atoms with Crippen molar-refractivity contribution in [1.82, 2.24) is 4.90 Å². The number of amides is 3. The number of carbonyl (C=O) groups is 3. The van der Waals surface area contributed by atoms with Gasteiger partial charge in [-0.1, -0.05) is 12.1 Å². The van der Waals surface area contributed by atoms with Crippen LogP contribution in [-0.4, -0.2) is 29.7 Å². The number of rotatable bonds is 2. The molecule has 1 N–H and O–H groups in total. The summed E-state index contributed by atoms with van der Waals surface area (Å²) in [5.41, 5.74) is 1.39. The molecule has 1 heterocycles. The maximum Gasteiger partial charge on any atom is 0.263 e. The Kier molecular flexibility index (Phi) is 3.39. The number of hydrogen-bond acceptors (Lipinski definition) is 4. The molecule has 3 amide bonds. The monoisotopic (exact) mass is 305 g/mol. The Hall–Kier alpha value is -3.46. The van der Waals surface area contributed by atoms with E-state index in [0.717, 1.165) is 4.90 Å². The minimum Gasteiger partial charge on any atom is -0.321 e. The molecule has 6 heteroatoms. The summed E-state index contributed by atoms with van der Waals surface area (Å²) in [7, 11) is 1.40. The highest BCUT2D eigenvalue weighted by Gasteiger charge is 2.35. The molecule has 0 fully saturated rings. The average molecular weight is 305 g/mol. The van der Waals surface area contributed by atoms with Gasteiger partial charge in [0.1, 0.15) is 0 Å². The second-order valence-corrected chi connectivity index (χ2v) is 5.04. The van der Waals surface area contributed by atoms with Crippen molar-refractivity contribution in [3.8, 4) is 6.07 Å². The lowest BCUT2D eigenvalue weighted by Gasteiger charge is -2.09. The number of benzene rings is 2. The van der Waals surface area contributed by atoms with Crippen molar-refractivity contribution >= 4 is 23.4 Å². The zero-order valence-corrected chi connectivity index (χ0v) is 12.2. The Morgan fingerprint density at radius 1 is 1.13 bits per heavy atom. The van der Waals surface area contributed by atoms with Crippen LogP contribution in [0.1, 0.15) is 36.6 Å². The topological polar surface area (TPSA) is 90.3 Å². The highest BCUT2D eigenvalue weighted by Crippen LogP contribution is 2.28. The van der Waals surface area contributed by atoms with Gasteiger partial charge in [0.2, 0.25) is 0 Å². The van der Waals surface area contributed by atoms with Gasteiger partial charge in [-0.2, -0.15) is 5.26 Å². The lowest BCUT2D eigenvalue weighted by molar-refractivity contribution is 0.0693. The van der Waals surface area contributed by atoms with Crippen LogP contribution in [0, 0.1) is 11.3 Å². The van der Waals surface area contributed by atoms with Crippen LogP contribution in [0.15, 0.2) is 42.5 Å². The minimum atomic E-state index is -0.453. The van der Waals surface area contributed by atoms with Gasteiger partial charge in [-0.3, -0.25) is 19.3 Å². The van der Waals surface area contributed by atoms with Crippen molar-refractivity contribution in [2.45, 2.75) is 0 Å². The predicted molar refractivity (Wildman–Crippen MR) is 82.0 cm³/mol. The standard InChI is InChI=1S/C17H11N3O3/c1-20-16(22)12-6-3-7-13(14(12)17(20)23)19-15(21)11-5-2-4-10(8-11)9-18/h2-8H,1H3,(H,19,21). The summed E-state index contributed by atoms with van der Waals surface area (Å²) in [5, 5.41) is 11.5. The molecule has 0 aromatic heterocycles. The zero-order valence-electron chi connectivity index (χ0n) is 12.2. The number of nitrogens with one attached hydrogen (secondary N) is 1. The normalized spacial score (nSPS) is 12.8. The summed E-state index contributed by atoms with van der Waals surface area (Å²) < 4.78 is 0. The molecule has 0 unspecified atom stereocenters. The van der Waals surface area contributed by atoms with Gasteiger partial charge < -0.3 is 5.32 Å². The van der Waals surface area contributed by atoms with Crippen LogP contribution >= 0.6 is 0 Å². The summed E-state index contributed by atoms with van der Waals surface area (Å²) in [6.45, 7) is 0. The fraction of sp³-hybridized carbons (Fsp3) is 0.0588. The molecule has 112 valence electrons. The number of nitriles is 1. The van der Waals surface area contributed by atoms with Crippen LogP contribution in [0.4, 0.5) is 5.69 Å². The molecular weight excluding hydrogens is 294 g/mol. The number of anilines is 1. The van der Waals surface area contributed by atoms with Crippen molar-refractivity contribution in [3.63, 3.8) is 0 Å². The van der Waals surface area contributed by atoms with E-state index in [2.05, 4.69) is 5.32 Å². The summed E-state index contributed by atoms with van der Waals surface area (Å²) in [5.74, 6) is -1.30. The molecule has 2 aromatic carbocycles. The van der Waals surface area contributed by atoms with E-state index >= 15 is 0 Å². The predicted octanol–water partition coefficient (Wildman–Crippen LogP) is 2.04. The molecule has 0 saturated carbocycles. The van der Waals surface area contributed by atoms with E-state index in [1.54, 1.807) is 36.4 Å². The third-order valence-corrected chi connectivity index (χ3v) is 3.62. The molecule has 0 atom stereocenters. The maximum atomic E-state index is 12.3. The summed E-state index contributed by atoms with van der Waals surface area (Å²) >= 11 is 0. The molecule has 0 radical (unpaired) electrons. The van der Waals surface area contributed by atoms with Crippen molar-refractivity contribution < 1.29 is 14.4 Å². The Labute approximate surface area is 131 Å². The highest BCUT2D eigenvalue weighted by molar-refractivity contribution is 6.24. The van der Waals surface area contributed by atoms with Gasteiger partial charge in [0.05, 0.1) is 28.4 Å². The molecule has 23 heavy (non-hydrogen) atoms. The molecule has 2 aromatic rings. The Bertz CT molecular complexity index is 896. The molecule has 1 aliphatic heterocycles. The van der Waals surface area contributed by atoms with Crippen molar-refractivity contribution in [3.05, 3.63) is 64.7 Å². The van der Waals surface area contributed by atoms with Crippen molar-refractivity contribution in [2.24, 2.45) is 0 Å². The summed E-state index contributed by atoms with van der Waals surface area (Å²) in [6.07, 6.45) is 0. The van der Waals surface area contributed by atoms with Crippen LogP contribution in [-0.2, 0) is 0 Å². The smallest absolute Gasteiger partial charge is 0.263 e.